The van der Waals surface area contributed by atoms with Gasteiger partial charge in [0, 0.05) is 132 Å². The third kappa shape index (κ3) is 30.9. The van der Waals surface area contributed by atoms with Gasteiger partial charge in [-0.2, -0.15) is 0 Å². The number of aliphatic hydroxyl groups is 3. The number of guanidine groups is 1. The number of phenols is 1. The molecule has 0 radical (unpaired) electrons. The van der Waals surface area contributed by atoms with E-state index in [9.17, 15) is 58.5 Å². The molecule has 3 aromatic heterocycles. The maximum Gasteiger partial charge on any atom is 0.246 e. The van der Waals surface area contributed by atoms with Crippen molar-refractivity contribution >= 4 is 140 Å². The van der Waals surface area contributed by atoms with E-state index in [1.165, 1.54) is 64.9 Å². The molecule has 3 aromatic carbocycles. The number of hydrogen-bond acceptors (Lipinski definition) is 24. The number of aliphatic hydroxyl groups excluding tert-OH is 3. The van der Waals surface area contributed by atoms with Crippen molar-refractivity contribution in [3.05, 3.63) is 120 Å². The first-order valence-electron chi connectivity index (χ1n) is 46.0. The monoisotopic (exact) mass is 1940 g/mol. The van der Waals surface area contributed by atoms with Gasteiger partial charge in [-0.1, -0.05) is 102 Å². The zero-order chi connectivity index (χ0) is 101. The van der Waals surface area contributed by atoms with Crippen LogP contribution in [0.2, 0.25) is 0 Å². The fourth-order valence-electron chi connectivity index (χ4n) is 16.8. The number of fused-ring (bicyclic) bond motifs is 4. The van der Waals surface area contributed by atoms with Crippen LogP contribution in [0.25, 0.3) is 21.8 Å². The summed E-state index contributed by atoms with van der Waals surface area (Å²) < 4.78 is 0. The van der Waals surface area contributed by atoms with Crippen molar-refractivity contribution in [2.45, 2.75) is 234 Å². The molecule has 3 fully saturated rings. The fourth-order valence-corrected chi connectivity index (χ4v) is 17.6. The lowest BCUT2D eigenvalue weighted by Gasteiger charge is -2.36. The number of thioether (sulfide) groups is 1. The van der Waals surface area contributed by atoms with Gasteiger partial charge in [0.05, 0.1) is 37.8 Å². The van der Waals surface area contributed by atoms with E-state index in [1.807, 2.05) is 13.8 Å². The summed E-state index contributed by atoms with van der Waals surface area (Å²) in [6.07, 6.45) is 3.63. The summed E-state index contributed by atoms with van der Waals surface area (Å²) in [6.45, 7) is 6.00. The molecule has 25 N–H and O–H groups in total. The summed E-state index contributed by atoms with van der Waals surface area (Å²) in [5, 5.41) is 78.1. The van der Waals surface area contributed by atoms with Crippen molar-refractivity contribution in [3.8, 4) is 5.75 Å². The topological polar surface area (TPSA) is 682 Å². The second-order valence-electron chi connectivity index (χ2n) is 35.0. The first-order chi connectivity index (χ1) is 65.8. The maximum atomic E-state index is 15.8. The fraction of sp³-hybridized carbons (Fsp3) is 0.533. The minimum Gasteiger partial charge on any atom is -0.508 e. The minimum absolute atomic E-state index is 0.0131. The van der Waals surface area contributed by atoms with Crippen LogP contribution in [0.15, 0.2) is 97.7 Å². The average Bonchev–Trinajstić information content (AvgIpc) is 1.58. The van der Waals surface area contributed by atoms with Gasteiger partial charge in [0.25, 0.3) is 0 Å². The highest BCUT2D eigenvalue weighted by Crippen LogP contribution is 2.28. The molecule has 15 atom stereocenters. The molecule has 17 amide bonds. The first-order valence-corrected chi connectivity index (χ1v) is 47.2. The summed E-state index contributed by atoms with van der Waals surface area (Å²) in [6, 6.07) is -2.29. The molecule has 6 aromatic rings. The maximum absolute atomic E-state index is 15.8. The van der Waals surface area contributed by atoms with Crippen LogP contribution in [0.3, 0.4) is 0 Å². The molecule has 45 nitrogen and oxygen atoms in total. The number of nitrogens with two attached hydrogens (primary N) is 3. The third-order valence-corrected chi connectivity index (χ3v) is 25.4. The molecule has 0 spiro atoms. The van der Waals surface area contributed by atoms with Crippen LogP contribution in [0.4, 0.5) is 0 Å². The zero-order valence-corrected chi connectivity index (χ0v) is 79.8. The quantitative estimate of drug-likeness (QED) is 0.0144. The molecule has 0 bridgehead atoms. The minimum atomic E-state index is -1.90. The van der Waals surface area contributed by atoms with Crippen LogP contribution in [-0.4, -0.2) is 334 Å². The summed E-state index contributed by atoms with van der Waals surface area (Å²) >= 11 is 0.760. The van der Waals surface area contributed by atoms with Crippen molar-refractivity contribution in [1.29, 1.82) is 5.41 Å². The van der Waals surface area contributed by atoms with E-state index in [2.05, 4.69) is 78.4 Å². The molecule has 752 valence electrons. The van der Waals surface area contributed by atoms with Gasteiger partial charge in [0.1, 0.15) is 90.3 Å². The standard InChI is InChI=1S/C91H128N24O20S.CH4O/c1-9-11-24-70-83(128)103-61(23-17-31-97-91(94)95)79(124)110-69(78(123)100-43-75(93)120)46-136-47-76(121)102-65(34-51-27-29-55(117)30-28-51)86(131)111(6)50(5)77(122)106-67(39-74(92)119)88(133)114-32-18-26-71(114)84(129)105-63(37-54-42-96-48-101-54)81(126)107-64(33-49(3)4)89(134)115-44-56(118)38-73(115)85(130)104-62(35-52-40-98-59-21-15-13-19-57(52)59)80(125)109-68(45-116)82(127)108-66(36-53-41-99-60-22-16-14-20-58(53)60)87(132)113(8)72(25-12-10-2)90(135)112(70)7;1-2/h13-16,19-22,27-30,40-42,48-50,56,61-73,98-99,116-118H,9-12,17-18,23-26,31-39,43-47H2,1-8H3,(H2,92,119)(H2,93,120)(H,96,101)(H,100,123)(H,102,121)(H,103,128)(H,104,130)(H,105,129)(H,106,122)(H,107,126)(H,108,127)(H,109,125)(H,110,124)(H4,94,95,97);2H,1H3/t50-,56+,61-,62-,63-,64-,65-,66-,67-,68-,69?,70-,71-,72-,73-;/m0./s1. The number of aromatic nitrogens is 4. The number of imidazole rings is 1. The molecular weight excluding hydrogens is 1810 g/mol. The van der Waals surface area contributed by atoms with E-state index in [-0.39, 0.29) is 95.4 Å². The number of amides is 17. The lowest BCUT2D eigenvalue weighted by molar-refractivity contribution is -0.149. The molecule has 3 aliphatic rings. The summed E-state index contributed by atoms with van der Waals surface area (Å²) in [7, 11) is 4.90. The van der Waals surface area contributed by atoms with E-state index in [1.54, 1.807) is 74.8 Å². The number of H-pyrrole nitrogens is 3. The number of para-hydroxylation sites is 2. The van der Waals surface area contributed by atoms with Gasteiger partial charge in [-0.15, -0.1) is 11.8 Å². The Bertz CT molecular complexity index is 5250. The Kier molecular flexibility index (Phi) is 42.1. The van der Waals surface area contributed by atoms with Crippen molar-refractivity contribution in [3.63, 3.8) is 0 Å². The Labute approximate surface area is 802 Å². The van der Waals surface area contributed by atoms with Crippen LogP contribution in [-0.2, 0) is 107 Å². The number of aromatic amines is 3. The van der Waals surface area contributed by atoms with Gasteiger partial charge >= 0.3 is 0 Å². The van der Waals surface area contributed by atoms with E-state index in [0.29, 0.717) is 69.9 Å². The van der Waals surface area contributed by atoms with Crippen LogP contribution in [0.5, 0.6) is 5.75 Å². The molecule has 138 heavy (non-hydrogen) atoms. The van der Waals surface area contributed by atoms with Crippen LogP contribution < -0.4 is 75.7 Å². The van der Waals surface area contributed by atoms with Gasteiger partial charge < -0.3 is 136 Å². The number of nitrogens with zero attached hydrogens (tertiary/aromatic N) is 6. The number of nitrogens with one attached hydrogen (secondary N) is 15. The number of primary amides is 2. The van der Waals surface area contributed by atoms with Crippen LogP contribution >= 0.6 is 11.8 Å². The van der Waals surface area contributed by atoms with Crippen molar-refractivity contribution in [2.24, 2.45) is 23.1 Å². The van der Waals surface area contributed by atoms with Gasteiger partial charge in [-0.05, 0) is 98.7 Å². The molecular formula is C92H132N24O21S. The number of hydrogen-bond donors (Lipinski definition) is 22. The number of phenolic OH excluding ortho intramolecular Hbond substituents is 1. The number of rotatable bonds is 26. The van der Waals surface area contributed by atoms with Gasteiger partial charge in [-0.3, -0.25) is 86.9 Å². The number of aromatic hydroxyl groups is 1. The number of unbranched alkanes of at least 4 members (excludes halogenated alkanes) is 2. The van der Waals surface area contributed by atoms with Crippen molar-refractivity contribution in [2.75, 3.05) is 72.5 Å². The van der Waals surface area contributed by atoms with Crippen LogP contribution in [0.1, 0.15) is 140 Å². The normalized spacial score (nSPS) is 24.4. The SMILES string of the molecule is CCCC[C@H]1C(=O)N(C)[C@@H](CCCC)C(=O)N[C@@H](CCCNC(=N)N)C(=O)NC(C(=O)NCC(N)=O)CSCC(=O)N[C@@H](Cc2ccc(O)cc2)C(=O)N(C)[C@@H](C)C(=O)N[C@@H](CC(N)=O)C(=O)N2CCC[C@H]2C(=O)N[C@@H](Cc2cnc[nH]2)C(=O)N[C@@H](CC(C)C)C(=O)N2C[C@H](O)C[C@H]2C(=O)N[C@@H](Cc2c[nH]c3ccccc23)C(=O)N[C@@H](CO)C(=O)N[C@@H](Cc2c[nH]c3ccccc23)C(=O)N1C.CO. The van der Waals surface area contributed by atoms with Gasteiger partial charge in [0.2, 0.25) is 100 Å². The van der Waals surface area contributed by atoms with Crippen LogP contribution in [0, 0.1) is 11.3 Å². The molecule has 0 saturated carbocycles. The molecule has 3 aliphatic heterocycles. The van der Waals surface area contributed by atoms with Gasteiger partial charge in [-0.25, -0.2) is 4.98 Å². The predicted octanol–water partition coefficient (Wildman–Crippen LogP) is -3.32. The molecule has 1 unspecified atom stereocenters. The number of carbonyl (C=O) groups is 17. The number of likely N-dealkylation sites (N-methyl/N-ethyl adjacent to an activating group) is 3. The predicted molar refractivity (Wildman–Crippen MR) is 508 cm³/mol. The van der Waals surface area contributed by atoms with E-state index >= 15 is 38.4 Å². The second kappa shape index (κ2) is 53.1. The Morgan fingerprint density at radius 1 is 0.551 bits per heavy atom. The van der Waals surface area contributed by atoms with E-state index in [4.69, 9.17) is 27.7 Å². The van der Waals surface area contributed by atoms with Gasteiger partial charge in [0.15, 0.2) is 5.96 Å². The van der Waals surface area contributed by atoms with E-state index in [0.717, 1.165) is 43.4 Å². The third-order valence-electron chi connectivity index (χ3n) is 24.3. The smallest absolute Gasteiger partial charge is 0.246 e. The Balaban J connectivity index is 0.0000116. The molecule has 9 rings (SSSR count). The summed E-state index contributed by atoms with van der Waals surface area (Å²) in [4.78, 5) is 269. The highest BCUT2D eigenvalue weighted by molar-refractivity contribution is 8.00. The van der Waals surface area contributed by atoms with Crippen molar-refractivity contribution in [1.82, 2.24) is 103 Å². The van der Waals surface area contributed by atoms with E-state index < -0.39 is 241 Å². The molecule has 3 saturated heterocycles. The lowest BCUT2D eigenvalue weighted by atomic mass is 10.00. The summed E-state index contributed by atoms with van der Waals surface area (Å²) in [5.74, 6) is -18.1. The second-order valence-corrected chi connectivity index (χ2v) is 36.0. The summed E-state index contributed by atoms with van der Waals surface area (Å²) in [5.41, 5.74) is 19.8. The Morgan fingerprint density at radius 2 is 1.08 bits per heavy atom. The highest BCUT2D eigenvalue weighted by Gasteiger charge is 2.47. The molecule has 6 heterocycles. The lowest BCUT2D eigenvalue weighted by Crippen LogP contribution is -2.62. The largest absolute Gasteiger partial charge is 0.508 e. The Hall–Kier alpha value is -13.8. The zero-order valence-electron chi connectivity index (χ0n) is 79.0. The molecule has 46 heteroatoms. The molecule has 0 aliphatic carbocycles. The van der Waals surface area contributed by atoms with Crippen molar-refractivity contribution < 1.29 is 102 Å². The average molecular weight is 1940 g/mol. The highest BCUT2D eigenvalue weighted by atomic mass is 32.2. The Morgan fingerprint density at radius 3 is 1.67 bits per heavy atom. The number of benzene rings is 3. The first kappa shape index (κ1) is 110. The number of carbonyl (C=O) groups excluding carboxylic acids is 17.